The van der Waals surface area contributed by atoms with Crippen molar-refractivity contribution in [2.75, 3.05) is 7.11 Å². The van der Waals surface area contributed by atoms with E-state index >= 15 is 0 Å². The van der Waals surface area contributed by atoms with Crippen LogP contribution in [0, 0.1) is 0 Å². The van der Waals surface area contributed by atoms with Gasteiger partial charge < -0.3 is 9.30 Å². The molecule has 3 aromatic rings. The SMILES string of the molecule is CO[C@H](Cn1cc(-c2nccn2C)nn1)c1cccs1. The number of thiophene rings is 1. The predicted octanol–water partition coefficient (Wildman–Crippen LogP) is 2.13. The predicted molar refractivity (Wildman–Crippen MR) is 76.3 cm³/mol. The number of aryl methyl sites for hydroxylation is 1. The number of imidazole rings is 1. The molecule has 0 N–H and O–H groups in total. The van der Waals surface area contributed by atoms with Gasteiger partial charge in [-0.25, -0.2) is 9.67 Å². The van der Waals surface area contributed by atoms with E-state index in [1.807, 2.05) is 35.5 Å². The van der Waals surface area contributed by atoms with Crippen molar-refractivity contribution in [1.29, 1.82) is 0 Å². The van der Waals surface area contributed by atoms with Crippen LogP contribution in [-0.2, 0) is 18.3 Å². The molecule has 0 bridgehead atoms. The molecule has 0 saturated heterocycles. The standard InChI is InChI=1S/C13H15N5OS/c1-17-6-5-14-13(17)10-8-18(16-15-10)9-11(19-2)12-4-3-7-20-12/h3-8,11H,9H2,1-2H3/t11-/m1/s1. The molecule has 0 aliphatic carbocycles. The maximum atomic E-state index is 5.52. The first-order valence-corrected chi connectivity index (χ1v) is 7.10. The van der Waals surface area contributed by atoms with Gasteiger partial charge in [-0.15, -0.1) is 16.4 Å². The maximum absolute atomic E-state index is 5.52. The van der Waals surface area contributed by atoms with E-state index in [0.29, 0.717) is 6.54 Å². The van der Waals surface area contributed by atoms with Crippen molar-refractivity contribution in [3.05, 3.63) is 41.0 Å². The molecule has 0 radical (unpaired) electrons. The largest absolute Gasteiger partial charge is 0.374 e. The van der Waals surface area contributed by atoms with Gasteiger partial charge in [-0.1, -0.05) is 11.3 Å². The fraction of sp³-hybridized carbons (Fsp3) is 0.308. The van der Waals surface area contributed by atoms with Gasteiger partial charge in [0.15, 0.2) is 5.82 Å². The van der Waals surface area contributed by atoms with Crippen LogP contribution in [0.3, 0.4) is 0 Å². The summed E-state index contributed by atoms with van der Waals surface area (Å²) in [7, 11) is 3.64. The lowest BCUT2D eigenvalue weighted by Gasteiger charge is -2.12. The summed E-state index contributed by atoms with van der Waals surface area (Å²) < 4.78 is 9.23. The Labute approximate surface area is 120 Å². The highest BCUT2D eigenvalue weighted by Crippen LogP contribution is 2.23. The molecule has 0 saturated carbocycles. The summed E-state index contributed by atoms with van der Waals surface area (Å²) in [6, 6.07) is 4.09. The number of hydrogen-bond donors (Lipinski definition) is 0. The highest BCUT2D eigenvalue weighted by Gasteiger charge is 2.15. The van der Waals surface area contributed by atoms with Crippen LogP contribution in [0.2, 0.25) is 0 Å². The van der Waals surface area contributed by atoms with Gasteiger partial charge in [-0.05, 0) is 11.4 Å². The van der Waals surface area contributed by atoms with Gasteiger partial charge in [-0.2, -0.15) is 0 Å². The molecular weight excluding hydrogens is 274 g/mol. The zero-order valence-electron chi connectivity index (χ0n) is 11.3. The molecule has 3 aromatic heterocycles. The van der Waals surface area contributed by atoms with Gasteiger partial charge in [0, 0.05) is 31.4 Å². The molecule has 7 heteroatoms. The van der Waals surface area contributed by atoms with Crippen LogP contribution in [-0.4, -0.2) is 31.7 Å². The third kappa shape index (κ3) is 2.50. The summed E-state index contributed by atoms with van der Waals surface area (Å²) >= 11 is 1.68. The van der Waals surface area contributed by atoms with E-state index in [4.69, 9.17) is 4.74 Å². The summed E-state index contributed by atoms with van der Waals surface area (Å²) in [6.45, 7) is 0.633. The van der Waals surface area contributed by atoms with Crippen molar-refractivity contribution < 1.29 is 4.74 Å². The monoisotopic (exact) mass is 289 g/mol. The lowest BCUT2D eigenvalue weighted by molar-refractivity contribution is 0.0869. The van der Waals surface area contributed by atoms with Crippen molar-refractivity contribution in [2.45, 2.75) is 12.6 Å². The number of methoxy groups -OCH3 is 1. The second kappa shape index (κ2) is 5.56. The smallest absolute Gasteiger partial charge is 0.161 e. The fourth-order valence-corrected chi connectivity index (χ4v) is 2.82. The molecule has 3 heterocycles. The quantitative estimate of drug-likeness (QED) is 0.722. The molecule has 3 rings (SSSR count). The Morgan fingerprint density at radius 1 is 1.45 bits per heavy atom. The minimum absolute atomic E-state index is 0.00841. The van der Waals surface area contributed by atoms with Gasteiger partial charge in [0.2, 0.25) is 0 Å². The van der Waals surface area contributed by atoms with Crippen LogP contribution in [0.25, 0.3) is 11.5 Å². The minimum Gasteiger partial charge on any atom is -0.374 e. The summed E-state index contributed by atoms with van der Waals surface area (Å²) in [5.41, 5.74) is 0.763. The first kappa shape index (κ1) is 13.0. The Morgan fingerprint density at radius 3 is 3.00 bits per heavy atom. The number of nitrogens with zero attached hydrogens (tertiary/aromatic N) is 5. The summed E-state index contributed by atoms with van der Waals surface area (Å²) in [6.07, 6.45) is 5.52. The average Bonchev–Trinajstić information content (AvgIpc) is 3.16. The molecule has 6 nitrogen and oxygen atoms in total. The van der Waals surface area contributed by atoms with E-state index in [2.05, 4.69) is 21.4 Å². The Hall–Kier alpha value is -1.99. The number of ether oxygens (including phenoxy) is 1. The van der Waals surface area contributed by atoms with E-state index in [9.17, 15) is 0 Å². The van der Waals surface area contributed by atoms with E-state index in [0.717, 1.165) is 11.5 Å². The molecule has 20 heavy (non-hydrogen) atoms. The Bertz CT molecular complexity index is 673. The van der Waals surface area contributed by atoms with Crippen molar-refractivity contribution in [1.82, 2.24) is 24.5 Å². The number of rotatable bonds is 5. The summed E-state index contributed by atoms with van der Waals surface area (Å²) in [5, 5.41) is 10.4. The average molecular weight is 289 g/mol. The van der Waals surface area contributed by atoms with E-state index in [1.165, 1.54) is 4.88 Å². The normalized spacial score (nSPS) is 12.7. The first-order chi connectivity index (χ1) is 9.78. The number of aromatic nitrogens is 5. The van der Waals surface area contributed by atoms with Gasteiger partial charge in [0.05, 0.1) is 12.7 Å². The second-order valence-electron chi connectivity index (χ2n) is 4.43. The highest BCUT2D eigenvalue weighted by atomic mass is 32.1. The lowest BCUT2D eigenvalue weighted by Crippen LogP contribution is -2.10. The molecule has 104 valence electrons. The zero-order valence-corrected chi connectivity index (χ0v) is 12.1. The Morgan fingerprint density at radius 2 is 2.35 bits per heavy atom. The van der Waals surface area contributed by atoms with E-state index < -0.39 is 0 Å². The second-order valence-corrected chi connectivity index (χ2v) is 5.41. The van der Waals surface area contributed by atoms with Gasteiger partial charge in [0.25, 0.3) is 0 Å². The molecule has 0 amide bonds. The van der Waals surface area contributed by atoms with Crippen LogP contribution in [0.1, 0.15) is 11.0 Å². The summed E-state index contributed by atoms with van der Waals surface area (Å²) in [5.74, 6) is 0.807. The first-order valence-electron chi connectivity index (χ1n) is 6.22. The molecule has 0 spiro atoms. The van der Waals surface area contributed by atoms with E-state index in [1.54, 1.807) is 29.3 Å². The Kier molecular flexibility index (Phi) is 3.62. The molecule has 0 aliphatic rings. The van der Waals surface area contributed by atoms with Crippen LogP contribution in [0.15, 0.2) is 36.1 Å². The van der Waals surface area contributed by atoms with Crippen LogP contribution < -0.4 is 0 Å². The minimum atomic E-state index is -0.00841. The topological polar surface area (TPSA) is 57.8 Å². The molecular formula is C13H15N5OS. The maximum Gasteiger partial charge on any atom is 0.161 e. The van der Waals surface area contributed by atoms with Crippen molar-refractivity contribution in [2.24, 2.45) is 7.05 Å². The van der Waals surface area contributed by atoms with Gasteiger partial charge >= 0.3 is 0 Å². The molecule has 0 aliphatic heterocycles. The number of hydrogen-bond acceptors (Lipinski definition) is 5. The van der Waals surface area contributed by atoms with E-state index in [-0.39, 0.29) is 6.10 Å². The van der Waals surface area contributed by atoms with Crippen LogP contribution in [0.5, 0.6) is 0 Å². The molecule has 1 atom stereocenters. The van der Waals surface area contributed by atoms with Crippen molar-refractivity contribution >= 4 is 11.3 Å². The molecule has 0 aromatic carbocycles. The van der Waals surface area contributed by atoms with Crippen LogP contribution >= 0.6 is 11.3 Å². The van der Waals surface area contributed by atoms with Gasteiger partial charge in [0.1, 0.15) is 11.8 Å². The third-order valence-corrected chi connectivity index (χ3v) is 4.05. The Balaban J connectivity index is 1.79. The van der Waals surface area contributed by atoms with Gasteiger partial charge in [-0.3, -0.25) is 0 Å². The highest BCUT2D eigenvalue weighted by molar-refractivity contribution is 7.10. The molecule has 0 unspecified atom stereocenters. The van der Waals surface area contributed by atoms with Crippen LogP contribution in [0.4, 0.5) is 0 Å². The van der Waals surface area contributed by atoms with Crippen molar-refractivity contribution in [3.63, 3.8) is 0 Å². The lowest BCUT2D eigenvalue weighted by atomic mass is 10.3. The zero-order chi connectivity index (χ0) is 13.9. The van der Waals surface area contributed by atoms with Crippen molar-refractivity contribution in [3.8, 4) is 11.5 Å². The summed E-state index contributed by atoms with van der Waals surface area (Å²) in [4.78, 5) is 5.45. The fourth-order valence-electron chi connectivity index (χ4n) is 2.03. The molecule has 0 fully saturated rings. The third-order valence-electron chi connectivity index (χ3n) is 3.09.